The van der Waals surface area contributed by atoms with Crippen molar-refractivity contribution in [2.24, 2.45) is 0 Å². The van der Waals surface area contributed by atoms with Crippen LogP contribution in [-0.2, 0) is 14.8 Å². The Bertz CT molecular complexity index is 898. The highest BCUT2D eigenvalue weighted by Crippen LogP contribution is 2.22. The zero-order valence-corrected chi connectivity index (χ0v) is 16.6. The van der Waals surface area contributed by atoms with Gasteiger partial charge in [0.1, 0.15) is 5.75 Å². The number of amides is 1. The molecule has 2 aromatic rings. The van der Waals surface area contributed by atoms with Crippen LogP contribution in [0, 0.1) is 6.92 Å². The van der Waals surface area contributed by atoms with Crippen molar-refractivity contribution in [1.82, 2.24) is 0 Å². The second-order valence-corrected chi connectivity index (χ2v) is 8.36. The first-order valence-electron chi connectivity index (χ1n) is 7.85. The van der Waals surface area contributed by atoms with Gasteiger partial charge in [0.05, 0.1) is 11.9 Å². The summed E-state index contributed by atoms with van der Waals surface area (Å²) in [6.45, 7) is 3.51. The van der Waals surface area contributed by atoms with Crippen LogP contribution in [0.15, 0.2) is 42.5 Å². The molecule has 0 saturated carbocycles. The van der Waals surface area contributed by atoms with Crippen LogP contribution in [0.25, 0.3) is 0 Å². The minimum absolute atomic E-state index is 0.317. The summed E-state index contributed by atoms with van der Waals surface area (Å²) >= 11 is 6.05. The molecular weight excluding hydrogens is 376 g/mol. The summed E-state index contributed by atoms with van der Waals surface area (Å²) in [4.78, 5) is 12.3. The number of rotatable bonds is 6. The minimum Gasteiger partial charge on any atom is -0.481 e. The topological polar surface area (TPSA) is 75.7 Å². The lowest BCUT2D eigenvalue weighted by Crippen LogP contribution is -2.30. The number of aryl methyl sites for hydroxylation is 1. The van der Waals surface area contributed by atoms with Gasteiger partial charge in [-0.05, 0) is 55.8 Å². The molecule has 0 spiro atoms. The first kappa shape index (κ1) is 20.1. The molecule has 2 rings (SSSR count). The van der Waals surface area contributed by atoms with Crippen LogP contribution in [0.1, 0.15) is 12.5 Å². The normalized spacial score (nSPS) is 12.3. The molecule has 26 heavy (non-hydrogen) atoms. The predicted octanol–water partition coefficient (Wildman–Crippen LogP) is 3.45. The molecule has 0 bridgehead atoms. The monoisotopic (exact) mass is 396 g/mol. The molecule has 140 valence electrons. The average Bonchev–Trinajstić information content (AvgIpc) is 2.57. The Balaban J connectivity index is 2.01. The fourth-order valence-electron chi connectivity index (χ4n) is 2.10. The number of ether oxygens (including phenoxy) is 1. The molecule has 8 heteroatoms. The molecule has 1 amide bonds. The number of carbonyl (C=O) groups is 1. The fourth-order valence-corrected chi connectivity index (χ4v) is 2.78. The van der Waals surface area contributed by atoms with Crippen molar-refractivity contribution in [3.63, 3.8) is 0 Å². The van der Waals surface area contributed by atoms with Gasteiger partial charge < -0.3 is 10.1 Å². The summed E-state index contributed by atoms with van der Waals surface area (Å²) in [5, 5.41) is 3.31. The van der Waals surface area contributed by atoms with Crippen LogP contribution in [0.3, 0.4) is 0 Å². The second-order valence-electron chi connectivity index (χ2n) is 5.94. The minimum atomic E-state index is -3.33. The number of halogens is 1. The molecule has 0 radical (unpaired) electrons. The van der Waals surface area contributed by atoms with Gasteiger partial charge in [-0.15, -0.1) is 0 Å². The molecule has 0 heterocycles. The molecule has 1 N–H and O–H groups in total. The Labute approximate surface area is 158 Å². The summed E-state index contributed by atoms with van der Waals surface area (Å²) in [5.41, 5.74) is 2.02. The number of carbonyl (C=O) groups excluding carboxylic acids is 1. The molecule has 0 aliphatic heterocycles. The van der Waals surface area contributed by atoms with Crippen LogP contribution < -0.4 is 14.4 Å². The smallest absolute Gasteiger partial charge is 0.265 e. The molecule has 1 atom stereocenters. The molecule has 6 nitrogen and oxygen atoms in total. The van der Waals surface area contributed by atoms with E-state index in [0.717, 1.165) is 16.1 Å². The van der Waals surface area contributed by atoms with Crippen LogP contribution in [-0.4, -0.2) is 33.7 Å². The van der Waals surface area contributed by atoms with Gasteiger partial charge in [0, 0.05) is 17.8 Å². The summed E-state index contributed by atoms with van der Waals surface area (Å²) in [7, 11) is -1.86. The number of benzene rings is 2. The van der Waals surface area contributed by atoms with E-state index in [4.69, 9.17) is 16.3 Å². The number of anilines is 2. The Morgan fingerprint density at radius 1 is 1.19 bits per heavy atom. The Hall–Kier alpha value is -2.25. The van der Waals surface area contributed by atoms with Crippen molar-refractivity contribution in [3.8, 4) is 5.75 Å². The number of hydrogen-bond acceptors (Lipinski definition) is 4. The van der Waals surface area contributed by atoms with E-state index < -0.39 is 16.1 Å². The van der Waals surface area contributed by atoms with Crippen LogP contribution in [0.4, 0.5) is 11.4 Å². The van der Waals surface area contributed by atoms with Gasteiger partial charge >= 0.3 is 0 Å². The summed E-state index contributed by atoms with van der Waals surface area (Å²) < 4.78 is 29.8. The van der Waals surface area contributed by atoms with Crippen molar-refractivity contribution in [2.75, 3.05) is 22.9 Å². The molecule has 0 fully saturated rings. The van der Waals surface area contributed by atoms with Gasteiger partial charge in [-0.3, -0.25) is 9.10 Å². The average molecular weight is 397 g/mol. The largest absolute Gasteiger partial charge is 0.481 e. The van der Waals surface area contributed by atoms with Gasteiger partial charge in [-0.25, -0.2) is 8.42 Å². The highest BCUT2D eigenvalue weighted by atomic mass is 35.5. The van der Waals surface area contributed by atoms with Crippen molar-refractivity contribution in [1.29, 1.82) is 0 Å². The SMILES string of the molecule is Cc1ccc(NC(=O)C(C)Oc2ccc(N(C)S(C)(=O)=O)cc2)cc1Cl. The number of sulfonamides is 1. The van der Waals surface area contributed by atoms with Crippen molar-refractivity contribution in [2.45, 2.75) is 20.0 Å². The highest BCUT2D eigenvalue weighted by molar-refractivity contribution is 7.92. The number of hydrogen-bond donors (Lipinski definition) is 1. The third-order valence-electron chi connectivity index (χ3n) is 3.82. The van der Waals surface area contributed by atoms with E-state index in [1.807, 2.05) is 13.0 Å². The van der Waals surface area contributed by atoms with Crippen LogP contribution >= 0.6 is 11.6 Å². The van der Waals surface area contributed by atoms with E-state index >= 15 is 0 Å². The summed E-state index contributed by atoms with van der Waals surface area (Å²) in [5.74, 6) is 0.141. The standard InChI is InChI=1S/C18H21ClN2O4S/c1-12-5-6-14(11-17(12)19)20-18(22)13(2)25-16-9-7-15(8-10-16)21(3)26(4,23)24/h5-11,13H,1-4H3,(H,20,22). The van der Waals surface area contributed by atoms with Gasteiger partial charge in [0.25, 0.3) is 5.91 Å². The maximum absolute atomic E-state index is 12.3. The lowest BCUT2D eigenvalue weighted by Gasteiger charge is -2.18. The molecule has 2 aromatic carbocycles. The van der Waals surface area contributed by atoms with E-state index in [2.05, 4.69) is 5.32 Å². The summed E-state index contributed by atoms with van der Waals surface area (Å²) in [6.07, 6.45) is 0.384. The van der Waals surface area contributed by atoms with Crippen molar-refractivity contribution >= 4 is 38.9 Å². The Kier molecular flexibility index (Phi) is 6.15. The zero-order chi connectivity index (χ0) is 19.5. The van der Waals surface area contributed by atoms with Gasteiger partial charge in [-0.2, -0.15) is 0 Å². The molecule has 1 unspecified atom stereocenters. The third-order valence-corrected chi connectivity index (χ3v) is 5.43. The van der Waals surface area contributed by atoms with E-state index in [9.17, 15) is 13.2 Å². The predicted molar refractivity (Wildman–Crippen MR) is 105 cm³/mol. The molecular formula is C18H21ClN2O4S. The van der Waals surface area contributed by atoms with E-state index in [0.29, 0.717) is 22.1 Å². The molecule has 0 aliphatic rings. The zero-order valence-electron chi connectivity index (χ0n) is 15.0. The van der Waals surface area contributed by atoms with Crippen molar-refractivity contribution in [3.05, 3.63) is 53.1 Å². The van der Waals surface area contributed by atoms with Gasteiger partial charge in [-0.1, -0.05) is 17.7 Å². The number of nitrogens with one attached hydrogen (secondary N) is 1. The molecule has 0 aromatic heterocycles. The maximum atomic E-state index is 12.3. The molecule has 0 aliphatic carbocycles. The first-order valence-corrected chi connectivity index (χ1v) is 10.1. The van der Waals surface area contributed by atoms with Crippen LogP contribution in [0.2, 0.25) is 5.02 Å². The third kappa shape index (κ3) is 5.12. The lowest BCUT2D eigenvalue weighted by molar-refractivity contribution is -0.122. The highest BCUT2D eigenvalue weighted by Gasteiger charge is 2.16. The molecule has 0 saturated heterocycles. The van der Waals surface area contributed by atoms with Gasteiger partial charge in [0.15, 0.2) is 6.10 Å². The lowest BCUT2D eigenvalue weighted by atomic mass is 10.2. The van der Waals surface area contributed by atoms with Crippen molar-refractivity contribution < 1.29 is 17.9 Å². The van der Waals surface area contributed by atoms with E-state index in [1.54, 1.807) is 43.3 Å². The van der Waals surface area contributed by atoms with Gasteiger partial charge in [0.2, 0.25) is 10.0 Å². The quantitative estimate of drug-likeness (QED) is 0.811. The second kappa shape index (κ2) is 7.97. The first-order chi connectivity index (χ1) is 12.1. The fraction of sp³-hybridized carbons (Fsp3) is 0.278. The number of nitrogens with zero attached hydrogens (tertiary/aromatic N) is 1. The maximum Gasteiger partial charge on any atom is 0.265 e. The van der Waals surface area contributed by atoms with Crippen LogP contribution in [0.5, 0.6) is 5.75 Å². The Morgan fingerprint density at radius 3 is 2.35 bits per heavy atom. The van der Waals surface area contributed by atoms with E-state index in [-0.39, 0.29) is 5.91 Å². The summed E-state index contributed by atoms with van der Waals surface area (Å²) in [6, 6.07) is 11.7. The van der Waals surface area contributed by atoms with E-state index in [1.165, 1.54) is 7.05 Å². The Morgan fingerprint density at radius 2 is 1.81 bits per heavy atom.